The Balaban J connectivity index is 1.32. The molecule has 1 aliphatic rings. The summed E-state index contributed by atoms with van der Waals surface area (Å²) in [6.45, 7) is 2.18. The lowest BCUT2D eigenvalue weighted by atomic mass is 10.1. The van der Waals surface area contributed by atoms with Crippen LogP contribution in [0.4, 0.5) is 0 Å². The Bertz CT molecular complexity index is 748. The standard InChI is InChI=1S/C20H24N2O4/c1-24-17-5-3-2-4-16(17)8-11-22-20(23)9-10-21-13-15-6-7-18-19(12-15)26-14-25-18/h2-7,12,21H,8-11,13-14H2,1H3,(H,22,23). The third-order valence-electron chi connectivity index (χ3n) is 4.20. The van der Waals surface area contributed by atoms with Gasteiger partial charge in [-0.15, -0.1) is 0 Å². The number of rotatable bonds is 9. The molecule has 0 atom stereocenters. The molecule has 2 N–H and O–H groups in total. The zero-order valence-electron chi connectivity index (χ0n) is 14.9. The predicted octanol–water partition coefficient (Wildman–Crippen LogP) is 2.26. The lowest BCUT2D eigenvalue weighted by Crippen LogP contribution is -2.29. The Kier molecular flexibility index (Phi) is 6.33. The minimum Gasteiger partial charge on any atom is -0.496 e. The quantitative estimate of drug-likeness (QED) is 0.675. The van der Waals surface area contributed by atoms with Crippen molar-refractivity contribution < 1.29 is 19.0 Å². The van der Waals surface area contributed by atoms with E-state index in [-0.39, 0.29) is 12.7 Å². The van der Waals surface area contributed by atoms with E-state index in [1.165, 1.54) is 0 Å². The molecule has 0 bridgehead atoms. The van der Waals surface area contributed by atoms with Crippen molar-refractivity contribution in [3.05, 3.63) is 53.6 Å². The number of carbonyl (C=O) groups is 1. The second-order valence-corrected chi connectivity index (χ2v) is 6.03. The Labute approximate surface area is 153 Å². The zero-order chi connectivity index (χ0) is 18.2. The number of methoxy groups -OCH3 is 1. The molecule has 0 saturated carbocycles. The van der Waals surface area contributed by atoms with Crippen LogP contribution in [0.2, 0.25) is 0 Å². The van der Waals surface area contributed by atoms with Gasteiger partial charge in [-0.2, -0.15) is 0 Å². The number of fused-ring (bicyclic) bond motifs is 1. The maximum atomic E-state index is 11.9. The molecule has 0 spiro atoms. The highest BCUT2D eigenvalue weighted by atomic mass is 16.7. The van der Waals surface area contributed by atoms with Crippen LogP contribution in [0.1, 0.15) is 17.5 Å². The molecule has 26 heavy (non-hydrogen) atoms. The Morgan fingerprint density at radius 2 is 1.96 bits per heavy atom. The SMILES string of the molecule is COc1ccccc1CCNC(=O)CCNCc1ccc2c(c1)OCO2. The second-order valence-electron chi connectivity index (χ2n) is 6.03. The van der Waals surface area contributed by atoms with Crippen molar-refractivity contribution in [1.82, 2.24) is 10.6 Å². The molecule has 6 heteroatoms. The molecule has 0 unspecified atom stereocenters. The number of benzene rings is 2. The van der Waals surface area contributed by atoms with Crippen molar-refractivity contribution >= 4 is 5.91 Å². The van der Waals surface area contributed by atoms with E-state index in [0.717, 1.165) is 34.8 Å². The first-order valence-corrected chi connectivity index (χ1v) is 8.74. The van der Waals surface area contributed by atoms with Crippen LogP contribution in [-0.2, 0) is 17.8 Å². The monoisotopic (exact) mass is 356 g/mol. The molecule has 0 aliphatic carbocycles. The number of nitrogens with one attached hydrogen (secondary N) is 2. The molecule has 6 nitrogen and oxygen atoms in total. The molecule has 3 rings (SSSR count). The number of hydrogen-bond donors (Lipinski definition) is 2. The van der Waals surface area contributed by atoms with Crippen LogP contribution < -0.4 is 24.8 Å². The smallest absolute Gasteiger partial charge is 0.231 e. The van der Waals surface area contributed by atoms with Gasteiger partial charge in [0.1, 0.15) is 5.75 Å². The molecule has 1 aliphatic heterocycles. The highest BCUT2D eigenvalue weighted by molar-refractivity contribution is 5.76. The first-order chi connectivity index (χ1) is 12.8. The molecule has 138 valence electrons. The molecule has 0 saturated heterocycles. The molecule has 0 fully saturated rings. The Hall–Kier alpha value is -2.73. The van der Waals surface area contributed by atoms with E-state index in [4.69, 9.17) is 14.2 Å². The van der Waals surface area contributed by atoms with E-state index in [2.05, 4.69) is 10.6 Å². The maximum absolute atomic E-state index is 11.9. The number of ether oxygens (including phenoxy) is 3. The van der Waals surface area contributed by atoms with E-state index in [1.807, 2.05) is 42.5 Å². The molecule has 0 radical (unpaired) electrons. The van der Waals surface area contributed by atoms with Gasteiger partial charge in [0.15, 0.2) is 11.5 Å². The summed E-state index contributed by atoms with van der Waals surface area (Å²) in [6.07, 6.45) is 1.19. The van der Waals surface area contributed by atoms with Crippen LogP contribution in [0.5, 0.6) is 17.2 Å². The van der Waals surface area contributed by atoms with E-state index < -0.39 is 0 Å². The minimum atomic E-state index is 0.0399. The zero-order valence-corrected chi connectivity index (χ0v) is 14.9. The van der Waals surface area contributed by atoms with E-state index in [9.17, 15) is 4.79 Å². The number of hydrogen-bond acceptors (Lipinski definition) is 5. The maximum Gasteiger partial charge on any atom is 0.231 e. The normalized spacial score (nSPS) is 12.0. The minimum absolute atomic E-state index is 0.0399. The summed E-state index contributed by atoms with van der Waals surface area (Å²) < 4.78 is 16.0. The summed E-state index contributed by atoms with van der Waals surface area (Å²) in [7, 11) is 1.66. The van der Waals surface area contributed by atoms with Crippen molar-refractivity contribution in [2.24, 2.45) is 0 Å². The summed E-state index contributed by atoms with van der Waals surface area (Å²) in [6, 6.07) is 13.7. The third-order valence-corrected chi connectivity index (χ3v) is 4.20. The molecule has 2 aromatic carbocycles. The van der Waals surface area contributed by atoms with Gasteiger partial charge in [0.2, 0.25) is 12.7 Å². The fourth-order valence-electron chi connectivity index (χ4n) is 2.82. The van der Waals surface area contributed by atoms with Crippen molar-refractivity contribution in [2.45, 2.75) is 19.4 Å². The van der Waals surface area contributed by atoms with Crippen LogP contribution in [0, 0.1) is 0 Å². The van der Waals surface area contributed by atoms with Gasteiger partial charge in [0.05, 0.1) is 7.11 Å². The van der Waals surface area contributed by atoms with Gasteiger partial charge in [0, 0.05) is 26.1 Å². The van der Waals surface area contributed by atoms with Gasteiger partial charge in [0.25, 0.3) is 0 Å². The molecular formula is C20H24N2O4. The number of carbonyl (C=O) groups excluding carboxylic acids is 1. The van der Waals surface area contributed by atoms with Gasteiger partial charge < -0.3 is 24.8 Å². The highest BCUT2D eigenvalue weighted by Crippen LogP contribution is 2.32. The van der Waals surface area contributed by atoms with E-state index >= 15 is 0 Å². The van der Waals surface area contributed by atoms with Gasteiger partial charge in [-0.1, -0.05) is 24.3 Å². The van der Waals surface area contributed by atoms with Crippen LogP contribution in [0.25, 0.3) is 0 Å². The molecule has 1 heterocycles. The fourth-order valence-corrected chi connectivity index (χ4v) is 2.82. The fraction of sp³-hybridized carbons (Fsp3) is 0.350. The van der Waals surface area contributed by atoms with Crippen LogP contribution >= 0.6 is 0 Å². The predicted molar refractivity (Wildman–Crippen MR) is 98.6 cm³/mol. The second kappa shape index (κ2) is 9.10. The van der Waals surface area contributed by atoms with Crippen molar-refractivity contribution in [3.8, 4) is 17.2 Å². The average molecular weight is 356 g/mol. The van der Waals surface area contributed by atoms with Crippen molar-refractivity contribution in [3.63, 3.8) is 0 Å². The highest BCUT2D eigenvalue weighted by Gasteiger charge is 2.12. The largest absolute Gasteiger partial charge is 0.496 e. The molecule has 1 amide bonds. The van der Waals surface area contributed by atoms with Crippen molar-refractivity contribution in [1.29, 1.82) is 0 Å². The molecule has 2 aromatic rings. The average Bonchev–Trinajstić information content (AvgIpc) is 3.13. The summed E-state index contributed by atoms with van der Waals surface area (Å²) in [4.78, 5) is 11.9. The first-order valence-electron chi connectivity index (χ1n) is 8.74. The van der Waals surface area contributed by atoms with E-state index in [0.29, 0.717) is 26.1 Å². The first kappa shape index (κ1) is 18.1. The van der Waals surface area contributed by atoms with Gasteiger partial charge in [-0.25, -0.2) is 0 Å². The van der Waals surface area contributed by atoms with Crippen LogP contribution in [-0.4, -0.2) is 32.9 Å². The summed E-state index contributed by atoms with van der Waals surface area (Å²) >= 11 is 0. The summed E-state index contributed by atoms with van der Waals surface area (Å²) in [5.74, 6) is 2.45. The molecular weight excluding hydrogens is 332 g/mol. The van der Waals surface area contributed by atoms with Gasteiger partial charge in [-0.05, 0) is 35.7 Å². The Morgan fingerprint density at radius 3 is 2.85 bits per heavy atom. The number of amides is 1. The Morgan fingerprint density at radius 1 is 1.12 bits per heavy atom. The van der Waals surface area contributed by atoms with Crippen LogP contribution in [0.15, 0.2) is 42.5 Å². The van der Waals surface area contributed by atoms with Gasteiger partial charge in [-0.3, -0.25) is 4.79 Å². The molecule has 0 aromatic heterocycles. The van der Waals surface area contributed by atoms with Gasteiger partial charge >= 0.3 is 0 Å². The number of para-hydroxylation sites is 1. The summed E-state index contributed by atoms with van der Waals surface area (Å²) in [5, 5.41) is 6.22. The van der Waals surface area contributed by atoms with Crippen molar-refractivity contribution in [2.75, 3.05) is 27.0 Å². The summed E-state index contributed by atoms with van der Waals surface area (Å²) in [5.41, 5.74) is 2.20. The van der Waals surface area contributed by atoms with E-state index in [1.54, 1.807) is 7.11 Å². The lowest BCUT2D eigenvalue weighted by Gasteiger charge is -2.09. The third kappa shape index (κ3) is 4.89. The lowest BCUT2D eigenvalue weighted by molar-refractivity contribution is -0.120. The van der Waals surface area contributed by atoms with Crippen LogP contribution in [0.3, 0.4) is 0 Å². The topological polar surface area (TPSA) is 68.8 Å².